The van der Waals surface area contributed by atoms with E-state index in [4.69, 9.17) is 10.3 Å². The van der Waals surface area contributed by atoms with Crippen LogP contribution in [-0.2, 0) is 13.1 Å². The molecule has 2 N–H and O–H groups in total. The van der Waals surface area contributed by atoms with E-state index in [2.05, 4.69) is 15.1 Å². The van der Waals surface area contributed by atoms with Crippen LogP contribution in [0, 0.1) is 0 Å². The monoisotopic (exact) mass is 221 g/mol. The van der Waals surface area contributed by atoms with Crippen LogP contribution in [0.15, 0.2) is 17.0 Å². The standard InChI is InChI=1S/C10H15N5O/c1-7(2)10-13-9(16-14-10)5-15-4-8(3-11)12-6-15/h4,6-7H,3,5,11H2,1-2H3. The molecule has 2 rings (SSSR count). The highest BCUT2D eigenvalue weighted by molar-refractivity contribution is 4.98. The third kappa shape index (κ3) is 2.27. The van der Waals surface area contributed by atoms with Crippen LogP contribution in [0.25, 0.3) is 0 Å². The van der Waals surface area contributed by atoms with Crippen LogP contribution in [0.4, 0.5) is 0 Å². The molecule has 0 radical (unpaired) electrons. The minimum absolute atomic E-state index is 0.278. The lowest BCUT2D eigenvalue weighted by molar-refractivity contribution is 0.364. The topological polar surface area (TPSA) is 82.8 Å². The summed E-state index contributed by atoms with van der Waals surface area (Å²) in [7, 11) is 0. The molecule has 0 aliphatic rings. The Bertz CT molecular complexity index is 459. The molecule has 16 heavy (non-hydrogen) atoms. The molecule has 0 aliphatic carbocycles. The summed E-state index contributed by atoms with van der Waals surface area (Å²) < 4.78 is 7.01. The smallest absolute Gasteiger partial charge is 0.246 e. The first-order valence-corrected chi connectivity index (χ1v) is 5.22. The van der Waals surface area contributed by atoms with Crippen molar-refractivity contribution >= 4 is 0 Å². The minimum Gasteiger partial charge on any atom is -0.337 e. The lowest BCUT2D eigenvalue weighted by atomic mass is 10.2. The van der Waals surface area contributed by atoms with Gasteiger partial charge < -0.3 is 14.8 Å². The fourth-order valence-electron chi connectivity index (χ4n) is 1.32. The van der Waals surface area contributed by atoms with Gasteiger partial charge in [-0.3, -0.25) is 0 Å². The molecule has 0 fully saturated rings. The molecular weight excluding hydrogens is 206 g/mol. The van der Waals surface area contributed by atoms with Gasteiger partial charge in [0.05, 0.1) is 12.0 Å². The molecule has 0 bridgehead atoms. The number of rotatable bonds is 4. The van der Waals surface area contributed by atoms with E-state index in [-0.39, 0.29) is 5.92 Å². The quantitative estimate of drug-likeness (QED) is 0.829. The fraction of sp³-hybridized carbons (Fsp3) is 0.500. The van der Waals surface area contributed by atoms with E-state index in [1.54, 1.807) is 6.33 Å². The second kappa shape index (κ2) is 4.44. The van der Waals surface area contributed by atoms with Crippen LogP contribution in [0.1, 0.15) is 37.2 Å². The maximum absolute atomic E-state index is 5.47. The highest BCUT2D eigenvalue weighted by atomic mass is 16.5. The van der Waals surface area contributed by atoms with Gasteiger partial charge >= 0.3 is 0 Å². The average Bonchev–Trinajstić information content (AvgIpc) is 2.87. The van der Waals surface area contributed by atoms with Gasteiger partial charge in [-0.1, -0.05) is 19.0 Å². The van der Waals surface area contributed by atoms with Crippen LogP contribution < -0.4 is 5.73 Å². The van der Waals surface area contributed by atoms with Crippen LogP contribution >= 0.6 is 0 Å². The normalized spacial score (nSPS) is 11.2. The van der Waals surface area contributed by atoms with E-state index in [0.717, 1.165) is 11.5 Å². The molecule has 6 heteroatoms. The Hall–Kier alpha value is -1.69. The van der Waals surface area contributed by atoms with Crippen LogP contribution in [-0.4, -0.2) is 19.7 Å². The molecule has 0 aliphatic heterocycles. The van der Waals surface area contributed by atoms with E-state index in [1.165, 1.54) is 0 Å². The molecular formula is C10H15N5O. The van der Waals surface area contributed by atoms with E-state index < -0.39 is 0 Å². The molecule has 2 aromatic heterocycles. The molecule has 0 unspecified atom stereocenters. The first kappa shape index (κ1) is 10.8. The summed E-state index contributed by atoms with van der Waals surface area (Å²) in [6.45, 7) is 5.03. The molecule has 0 spiro atoms. The zero-order valence-electron chi connectivity index (χ0n) is 9.42. The van der Waals surface area contributed by atoms with Crippen molar-refractivity contribution in [3.8, 4) is 0 Å². The van der Waals surface area contributed by atoms with E-state index >= 15 is 0 Å². The largest absolute Gasteiger partial charge is 0.337 e. The first-order valence-electron chi connectivity index (χ1n) is 5.22. The Morgan fingerprint density at radius 3 is 2.88 bits per heavy atom. The number of imidazole rings is 1. The summed E-state index contributed by atoms with van der Waals surface area (Å²) in [6.07, 6.45) is 3.58. The van der Waals surface area contributed by atoms with Gasteiger partial charge in [-0.2, -0.15) is 4.98 Å². The van der Waals surface area contributed by atoms with Crippen molar-refractivity contribution in [1.29, 1.82) is 0 Å². The highest BCUT2D eigenvalue weighted by Gasteiger charge is 2.09. The van der Waals surface area contributed by atoms with Crippen LogP contribution in [0.2, 0.25) is 0 Å². The fourth-order valence-corrected chi connectivity index (χ4v) is 1.32. The number of hydrogen-bond acceptors (Lipinski definition) is 5. The zero-order chi connectivity index (χ0) is 11.5. The highest BCUT2D eigenvalue weighted by Crippen LogP contribution is 2.10. The van der Waals surface area contributed by atoms with E-state index in [1.807, 2.05) is 24.6 Å². The van der Waals surface area contributed by atoms with Crippen molar-refractivity contribution in [2.24, 2.45) is 5.73 Å². The predicted octanol–water partition coefficient (Wildman–Crippen LogP) is 0.897. The van der Waals surface area contributed by atoms with Crippen molar-refractivity contribution in [3.05, 3.63) is 29.9 Å². The van der Waals surface area contributed by atoms with Crippen molar-refractivity contribution in [3.63, 3.8) is 0 Å². The molecule has 86 valence electrons. The van der Waals surface area contributed by atoms with Crippen molar-refractivity contribution in [2.75, 3.05) is 0 Å². The second-order valence-corrected chi connectivity index (χ2v) is 3.94. The summed E-state index contributed by atoms with van der Waals surface area (Å²) in [5.41, 5.74) is 6.32. The molecule has 2 aromatic rings. The maximum Gasteiger partial charge on any atom is 0.246 e. The Kier molecular flexibility index (Phi) is 3.00. The van der Waals surface area contributed by atoms with E-state index in [9.17, 15) is 0 Å². The van der Waals surface area contributed by atoms with E-state index in [0.29, 0.717) is 19.0 Å². The molecule has 2 heterocycles. The van der Waals surface area contributed by atoms with Crippen molar-refractivity contribution in [2.45, 2.75) is 32.9 Å². The molecule has 0 saturated carbocycles. The SMILES string of the molecule is CC(C)c1noc(Cn2cnc(CN)c2)n1. The Labute approximate surface area is 93.5 Å². The summed E-state index contributed by atoms with van der Waals surface area (Å²) in [6, 6.07) is 0. The van der Waals surface area contributed by atoms with Gasteiger partial charge in [0.25, 0.3) is 0 Å². The van der Waals surface area contributed by atoms with Gasteiger partial charge in [-0.05, 0) is 0 Å². The van der Waals surface area contributed by atoms with Gasteiger partial charge in [0.1, 0.15) is 6.54 Å². The lowest BCUT2D eigenvalue weighted by Crippen LogP contribution is -1.99. The van der Waals surface area contributed by atoms with Crippen molar-refractivity contribution in [1.82, 2.24) is 19.7 Å². The van der Waals surface area contributed by atoms with Gasteiger partial charge in [-0.25, -0.2) is 4.98 Å². The van der Waals surface area contributed by atoms with Gasteiger partial charge in [0, 0.05) is 18.7 Å². The number of aromatic nitrogens is 4. The third-order valence-electron chi connectivity index (χ3n) is 2.21. The third-order valence-corrected chi connectivity index (χ3v) is 2.21. The summed E-state index contributed by atoms with van der Waals surface area (Å²) >= 11 is 0. The maximum atomic E-state index is 5.47. The minimum atomic E-state index is 0.278. The molecule has 0 amide bonds. The lowest BCUT2D eigenvalue weighted by Gasteiger charge is -1.95. The van der Waals surface area contributed by atoms with Gasteiger partial charge in [0.15, 0.2) is 5.82 Å². The van der Waals surface area contributed by atoms with Crippen LogP contribution in [0.5, 0.6) is 0 Å². The van der Waals surface area contributed by atoms with Crippen molar-refractivity contribution < 1.29 is 4.52 Å². The molecule has 0 saturated heterocycles. The number of hydrogen-bond donors (Lipinski definition) is 1. The summed E-state index contributed by atoms with van der Waals surface area (Å²) in [5, 5.41) is 3.89. The average molecular weight is 221 g/mol. The zero-order valence-corrected chi connectivity index (χ0v) is 9.42. The van der Waals surface area contributed by atoms with Gasteiger partial charge in [-0.15, -0.1) is 0 Å². The number of nitrogens with two attached hydrogens (primary N) is 1. The van der Waals surface area contributed by atoms with Gasteiger partial charge in [0.2, 0.25) is 5.89 Å². The molecule has 0 aromatic carbocycles. The summed E-state index contributed by atoms with van der Waals surface area (Å²) in [4.78, 5) is 8.40. The molecule has 6 nitrogen and oxygen atoms in total. The predicted molar refractivity (Wildman–Crippen MR) is 57.6 cm³/mol. The number of nitrogens with zero attached hydrogens (tertiary/aromatic N) is 4. The molecule has 0 atom stereocenters. The Morgan fingerprint density at radius 1 is 1.50 bits per heavy atom. The first-order chi connectivity index (χ1) is 7.69. The summed E-state index contributed by atoms with van der Waals surface area (Å²) in [5.74, 6) is 1.60. The second-order valence-electron chi connectivity index (χ2n) is 3.94. The van der Waals surface area contributed by atoms with Crippen LogP contribution in [0.3, 0.4) is 0 Å². The Morgan fingerprint density at radius 2 is 2.31 bits per heavy atom. The Balaban J connectivity index is 2.08.